The van der Waals surface area contributed by atoms with Crippen LogP contribution in [-0.4, -0.2) is 6.54 Å². The summed E-state index contributed by atoms with van der Waals surface area (Å²) in [6.45, 7) is 4.04. The van der Waals surface area contributed by atoms with Gasteiger partial charge in [-0.3, -0.25) is 0 Å². The first-order valence-corrected chi connectivity index (χ1v) is 7.75. The summed E-state index contributed by atoms with van der Waals surface area (Å²) in [6.07, 6.45) is 0. The molecule has 1 atom stereocenters. The van der Waals surface area contributed by atoms with Gasteiger partial charge in [-0.05, 0) is 54.9 Å². The predicted octanol–water partition coefficient (Wildman–Crippen LogP) is 5.39. The van der Waals surface area contributed by atoms with E-state index in [1.54, 1.807) is 12.1 Å². The molecule has 0 aliphatic rings. The zero-order valence-corrected chi connectivity index (χ0v) is 14.0. The number of nitrogens with one attached hydrogen (secondary N) is 1. The van der Waals surface area contributed by atoms with E-state index in [4.69, 9.17) is 11.6 Å². The van der Waals surface area contributed by atoms with Crippen LogP contribution in [0.4, 0.5) is 8.78 Å². The zero-order valence-electron chi connectivity index (χ0n) is 11.7. The maximum Gasteiger partial charge on any atom is 0.128 e. The molecule has 0 heterocycles. The molecule has 112 valence electrons. The second-order valence-corrected chi connectivity index (χ2v) is 6.10. The fraction of sp³-hybridized carbons (Fsp3) is 0.250. The highest BCUT2D eigenvalue weighted by molar-refractivity contribution is 9.10. The highest BCUT2D eigenvalue weighted by atomic mass is 79.9. The Morgan fingerprint density at radius 2 is 1.86 bits per heavy atom. The van der Waals surface area contributed by atoms with E-state index >= 15 is 0 Å². The SMILES string of the molecule is CCNC(c1cc(F)c(C)cc1F)c1cc(Br)ccc1Cl. The van der Waals surface area contributed by atoms with Crippen molar-refractivity contribution in [1.29, 1.82) is 0 Å². The Morgan fingerprint density at radius 3 is 2.52 bits per heavy atom. The maximum atomic E-state index is 14.3. The summed E-state index contributed by atoms with van der Waals surface area (Å²) in [6, 6.07) is 7.28. The van der Waals surface area contributed by atoms with Crippen molar-refractivity contribution >= 4 is 27.5 Å². The highest BCUT2D eigenvalue weighted by Crippen LogP contribution is 2.32. The minimum atomic E-state index is -0.505. The van der Waals surface area contributed by atoms with Gasteiger partial charge < -0.3 is 5.32 Å². The van der Waals surface area contributed by atoms with Gasteiger partial charge in [0, 0.05) is 15.1 Å². The van der Waals surface area contributed by atoms with Gasteiger partial charge in [-0.2, -0.15) is 0 Å². The van der Waals surface area contributed by atoms with Crippen LogP contribution in [0.2, 0.25) is 5.02 Å². The molecule has 0 aliphatic heterocycles. The van der Waals surface area contributed by atoms with Crippen LogP contribution in [0.3, 0.4) is 0 Å². The number of hydrogen-bond donors (Lipinski definition) is 1. The van der Waals surface area contributed by atoms with Gasteiger partial charge in [0.2, 0.25) is 0 Å². The van der Waals surface area contributed by atoms with E-state index in [1.165, 1.54) is 19.1 Å². The van der Waals surface area contributed by atoms with Gasteiger partial charge in [-0.1, -0.05) is 34.5 Å². The first kappa shape index (κ1) is 16.4. The molecule has 1 N–H and O–H groups in total. The largest absolute Gasteiger partial charge is 0.306 e. The average Bonchev–Trinajstić information content (AvgIpc) is 2.43. The average molecular weight is 375 g/mol. The van der Waals surface area contributed by atoms with Crippen molar-refractivity contribution in [3.05, 3.63) is 68.2 Å². The molecule has 0 aromatic heterocycles. The predicted molar refractivity (Wildman–Crippen MR) is 85.8 cm³/mol. The lowest BCUT2D eigenvalue weighted by Crippen LogP contribution is -2.23. The number of hydrogen-bond acceptors (Lipinski definition) is 1. The van der Waals surface area contributed by atoms with Gasteiger partial charge >= 0.3 is 0 Å². The highest BCUT2D eigenvalue weighted by Gasteiger charge is 2.21. The fourth-order valence-corrected chi connectivity index (χ4v) is 2.82. The van der Waals surface area contributed by atoms with E-state index in [0.29, 0.717) is 17.1 Å². The van der Waals surface area contributed by atoms with Gasteiger partial charge in [0.15, 0.2) is 0 Å². The number of benzene rings is 2. The number of aryl methyl sites for hydroxylation is 1. The normalized spacial score (nSPS) is 12.5. The van der Waals surface area contributed by atoms with E-state index in [0.717, 1.165) is 4.47 Å². The van der Waals surface area contributed by atoms with Gasteiger partial charge in [0.05, 0.1) is 6.04 Å². The Bertz CT molecular complexity index is 661. The van der Waals surface area contributed by atoms with Crippen molar-refractivity contribution in [3.63, 3.8) is 0 Å². The van der Waals surface area contributed by atoms with Crippen molar-refractivity contribution in [1.82, 2.24) is 5.32 Å². The Labute approximate surface area is 136 Å². The first-order chi connectivity index (χ1) is 9.93. The van der Waals surface area contributed by atoms with Gasteiger partial charge in [0.1, 0.15) is 11.6 Å². The molecule has 1 nitrogen and oxygen atoms in total. The van der Waals surface area contributed by atoms with Crippen LogP contribution in [0.5, 0.6) is 0 Å². The molecule has 2 aromatic rings. The second-order valence-electron chi connectivity index (χ2n) is 4.78. The fourth-order valence-electron chi connectivity index (χ4n) is 2.21. The molecule has 0 amide bonds. The molecule has 0 saturated carbocycles. The topological polar surface area (TPSA) is 12.0 Å². The van der Waals surface area contributed by atoms with E-state index < -0.39 is 17.7 Å². The summed E-state index contributed by atoms with van der Waals surface area (Å²) >= 11 is 9.60. The van der Waals surface area contributed by atoms with Crippen LogP contribution in [0.15, 0.2) is 34.8 Å². The molecule has 21 heavy (non-hydrogen) atoms. The summed E-state index contributed by atoms with van der Waals surface area (Å²) in [4.78, 5) is 0. The smallest absolute Gasteiger partial charge is 0.128 e. The van der Waals surface area contributed by atoms with Gasteiger partial charge in [-0.25, -0.2) is 8.78 Å². The molecular formula is C16H15BrClF2N. The lowest BCUT2D eigenvalue weighted by Gasteiger charge is -2.21. The summed E-state index contributed by atoms with van der Waals surface area (Å²) < 4.78 is 28.9. The lowest BCUT2D eigenvalue weighted by atomic mass is 9.96. The summed E-state index contributed by atoms with van der Waals surface area (Å²) in [7, 11) is 0. The Kier molecular flexibility index (Phi) is 5.36. The third kappa shape index (κ3) is 3.62. The third-order valence-corrected chi connectivity index (χ3v) is 4.10. The number of halogens is 4. The van der Waals surface area contributed by atoms with E-state index in [9.17, 15) is 8.78 Å². The van der Waals surface area contributed by atoms with Crippen molar-refractivity contribution < 1.29 is 8.78 Å². The third-order valence-electron chi connectivity index (χ3n) is 3.27. The molecule has 0 saturated heterocycles. The quantitative estimate of drug-likeness (QED) is 0.757. The summed E-state index contributed by atoms with van der Waals surface area (Å²) in [5.74, 6) is -0.878. The van der Waals surface area contributed by atoms with Crippen LogP contribution in [0.1, 0.15) is 29.7 Å². The Morgan fingerprint density at radius 1 is 1.14 bits per heavy atom. The Balaban J connectivity index is 2.58. The molecule has 0 bridgehead atoms. The van der Waals surface area contributed by atoms with Crippen LogP contribution in [-0.2, 0) is 0 Å². The van der Waals surface area contributed by atoms with Crippen LogP contribution in [0, 0.1) is 18.6 Å². The molecule has 0 spiro atoms. The summed E-state index contributed by atoms with van der Waals surface area (Å²) in [5.41, 5.74) is 1.24. The van der Waals surface area contributed by atoms with Crippen LogP contribution < -0.4 is 5.32 Å². The first-order valence-electron chi connectivity index (χ1n) is 6.58. The minimum absolute atomic E-state index is 0.250. The van der Waals surface area contributed by atoms with E-state index in [2.05, 4.69) is 21.2 Å². The standard InChI is InChI=1S/C16H15BrClF2N/c1-3-21-16(11-7-10(17)4-5-13(11)18)12-8-14(19)9(2)6-15(12)20/h4-8,16,21H,3H2,1-2H3. The summed E-state index contributed by atoms with van der Waals surface area (Å²) in [5, 5.41) is 3.66. The molecule has 1 unspecified atom stereocenters. The molecule has 0 fully saturated rings. The Hall–Kier alpha value is -0.970. The minimum Gasteiger partial charge on any atom is -0.306 e. The van der Waals surface area contributed by atoms with Crippen LogP contribution >= 0.6 is 27.5 Å². The van der Waals surface area contributed by atoms with Crippen molar-refractivity contribution in [2.45, 2.75) is 19.9 Å². The molecule has 2 rings (SSSR count). The monoisotopic (exact) mass is 373 g/mol. The van der Waals surface area contributed by atoms with Crippen molar-refractivity contribution in [3.8, 4) is 0 Å². The van der Waals surface area contributed by atoms with Gasteiger partial charge in [0.25, 0.3) is 0 Å². The van der Waals surface area contributed by atoms with E-state index in [-0.39, 0.29) is 11.1 Å². The molecule has 5 heteroatoms. The molecule has 0 radical (unpaired) electrons. The second kappa shape index (κ2) is 6.86. The molecule has 0 aliphatic carbocycles. The van der Waals surface area contributed by atoms with Crippen molar-refractivity contribution in [2.75, 3.05) is 6.54 Å². The molecule has 2 aromatic carbocycles. The molecular weight excluding hydrogens is 360 g/mol. The van der Waals surface area contributed by atoms with E-state index in [1.807, 2.05) is 13.0 Å². The van der Waals surface area contributed by atoms with Crippen molar-refractivity contribution in [2.24, 2.45) is 0 Å². The lowest BCUT2D eigenvalue weighted by molar-refractivity contribution is 0.541. The van der Waals surface area contributed by atoms with Gasteiger partial charge in [-0.15, -0.1) is 0 Å². The zero-order chi connectivity index (χ0) is 15.6. The maximum absolute atomic E-state index is 14.3. The van der Waals surface area contributed by atoms with Crippen LogP contribution in [0.25, 0.3) is 0 Å². The number of rotatable bonds is 4.